The number of halogens is 1. The predicted octanol–water partition coefficient (Wildman–Crippen LogP) is 2.71. The molecule has 0 N–H and O–H groups in total. The van der Waals surface area contributed by atoms with E-state index in [1.165, 1.54) is 6.20 Å². The second kappa shape index (κ2) is 6.87. The number of hydrogen-bond acceptors (Lipinski definition) is 4. The minimum Gasteiger partial charge on any atom is -0.484 e. The maximum absolute atomic E-state index is 12.0. The Bertz CT molecular complexity index is 667. The number of pyridine rings is 1. The third kappa shape index (κ3) is 4.13. The summed E-state index contributed by atoms with van der Waals surface area (Å²) in [4.78, 5) is 17.8. The number of rotatable bonds is 5. The molecular formula is C17H17ClN2O3. The Kier molecular flexibility index (Phi) is 4.67. The van der Waals surface area contributed by atoms with Gasteiger partial charge < -0.3 is 14.4 Å². The minimum absolute atomic E-state index is 0.0352. The van der Waals surface area contributed by atoms with E-state index in [4.69, 9.17) is 21.1 Å². The van der Waals surface area contributed by atoms with Crippen molar-refractivity contribution in [3.05, 3.63) is 53.2 Å². The lowest BCUT2D eigenvalue weighted by atomic mass is 10.1. The van der Waals surface area contributed by atoms with Gasteiger partial charge in [0.2, 0.25) is 5.88 Å². The minimum atomic E-state index is -0.0468. The highest BCUT2D eigenvalue weighted by Gasteiger charge is 2.32. The predicted molar refractivity (Wildman–Crippen MR) is 86.9 cm³/mol. The molecule has 2 aromatic rings. The highest BCUT2D eigenvalue weighted by molar-refractivity contribution is 6.30. The fourth-order valence-electron chi connectivity index (χ4n) is 2.19. The zero-order valence-corrected chi connectivity index (χ0v) is 13.5. The number of likely N-dealkylation sites (tertiary alicyclic amines) is 1. The van der Waals surface area contributed by atoms with E-state index >= 15 is 0 Å². The van der Waals surface area contributed by atoms with Crippen molar-refractivity contribution in [1.29, 1.82) is 0 Å². The highest BCUT2D eigenvalue weighted by Crippen LogP contribution is 2.18. The van der Waals surface area contributed by atoms with E-state index in [0.717, 1.165) is 5.56 Å². The van der Waals surface area contributed by atoms with Crippen LogP contribution in [-0.2, 0) is 4.79 Å². The Morgan fingerprint density at radius 1 is 1.26 bits per heavy atom. The molecule has 1 aliphatic heterocycles. The molecule has 3 rings (SSSR count). The summed E-state index contributed by atoms with van der Waals surface area (Å²) >= 11 is 5.77. The second-order valence-electron chi connectivity index (χ2n) is 5.45. The first-order chi connectivity index (χ1) is 11.1. The Morgan fingerprint density at radius 2 is 2.00 bits per heavy atom. The average molecular weight is 333 g/mol. The molecule has 6 heteroatoms. The molecule has 0 saturated carbocycles. The molecular weight excluding hydrogens is 316 g/mol. The maximum Gasteiger partial charge on any atom is 0.260 e. The van der Waals surface area contributed by atoms with Crippen LogP contribution in [-0.4, -0.2) is 41.6 Å². The summed E-state index contributed by atoms with van der Waals surface area (Å²) in [5.41, 5.74) is 1.15. The fourth-order valence-corrected chi connectivity index (χ4v) is 2.30. The number of hydrogen-bond donors (Lipinski definition) is 0. The molecule has 5 nitrogen and oxygen atoms in total. The Labute approximate surface area is 139 Å². The molecule has 0 bridgehead atoms. The molecule has 0 unspecified atom stereocenters. The van der Waals surface area contributed by atoms with Crippen LogP contribution in [0.2, 0.25) is 5.02 Å². The summed E-state index contributed by atoms with van der Waals surface area (Å²) in [6.07, 6.45) is 1.50. The summed E-state index contributed by atoms with van der Waals surface area (Å²) in [5.74, 6) is 1.17. The Hall–Kier alpha value is -2.27. The van der Waals surface area contributed by atoms with Gasteiger partial charge in [-0.2, -0.15) is 0 Å². The van der Waals surface area contributed by atoms with Crippen molar-refractivity contribution in [2.75, 3.05) is 19.7 Å². The van der Waals surface area contributed by atoms with Crippen molar-refractivity contribution < 1.29 is 14.3 Å². The normalized spacial score (nSPS) is 14.3. The summed E-state index contributed by atoms with van der Waals surface area (Å²) < 4.78 is 11.1. The number of nitrogens with zero attached hydrogens (tertiary/aromatic N) is 2. The van der Waals surface area contributed by atoms with Gasteiger partial charge in [-0.1, -0.05) is 29.3 Å². The van der Waals surface area contributed by atoms with Crippen molar-refractivity contribution in [3.8, 4) is 11.6 Å². The highest BCUT2D eigenvalue weighted by atomic mass is 35.5. The third-order valence-electron chi connectivity index (χ3n) is 3.57. The van der Waals surface area contributed by atoms with Gasteiger partial charge in [0.15, 0.2) is 6.61 Å². The van der Waals surface area contributed by atoms with Crippen LogP contribution < -0.4 is 9.47 Å². The second-order valence-corrected chi connectivity index (χ2v) is 5.89. The molecule has 0 aliphatic carbocycles. The summed E-state index contributed by atoms with van der Waals surface area (Å²) in [5, 5.41) is 0.566. The molecule has 1 fully saturated rings. The van der Waals surface area contributed by atoms with Gasteiger partial charge >= 0.3 is 0 Å². The van der Waals surface area contributed by atoms with Crippen molar-refractivity contribution in [2.24, 2.45) is 0 Å². The van der Waals surface area contributed by atoms with E-state index in [2.05, 4.69) is 4.98 Å². The summed E-state index contributed by atoms with van der Waals surface area (Å²) in [7, 11) is 0. The molecule has 1 aromatic carbocycles. The first-order valence-electron chi connectivity index (χ1n) is 7.35. The molecule has 120 valence electrons. The van der Waals surface area contributed by atoms with Gasteiger partial charge in [0.1, 0.15) is 11.9 Å². The average Bonchev–Trinajstić information content (AvgIpc) is 2.51. The Morgan fingerprint density at radius 3 is 2.65 bits per heavy atom. The van der Waals surface area contributed by atoms with Gasteiger partial charge in [-0.25, -0.2) is 4.98 Å². The molecule has 1 amide bonds. The van der Waals surface area contributed by atoms with E-state index in [9.17, 15) is 4.79 Å². The molecule has 1 saturated heterocycles. The summed E-state index contributed by atoms with van der Waals surface area (Å²) in [6, 6.07) is 11.1. The van der Waals surface area contributed by atoms with Crippen molar-refractivity contribution in [2.45, 2.75) is 13.0 Å². The molecule has 23 heavy (non-hydrogen) atoms. The summed E-state index contributed by atoms with van der Waals surface area (Å²) in [6.45, 7) is 3.13. The first-order valence-corrected chi connectivity index (χ1v) is 7.73. The standard InChI is InChI=1S/C17H17ClN2O3/c1-12-2-5-14(6-3-12)22-11-17(21)20-9-15(10-20)23-16-7-4-13(18)8-19-16/h2-8,15H,9-11H2,1H3. The monoisotopic (exact) mass is 332 g/mol. The number of carbonyl (C=O) groups excluding carboxylic acids is 1. The molecule has 1 aromatic heterocycles. The maximum atomic E-state index is 12.0. The van der Waals surface area contributed by atoms with Gasteiger partial charge in [-0.3, -0.25) is 4.79 Å². The van der Waals surface area contributed by atoms with Gasteiger partial charge in [0.05, 0.1) is 18.1 Å². The van der Waals surface area contributed by atoms with E-state index < -0.39 is 0 Å². The molecule has 1 aliphatic rings. The molecule has 0 spiro atoms. The van der Waals surface area contributed by atoms with Crippen LogP contribution in [0.5, 0.6) is 11.6 Å². The third-order valence-corrected chi connectivity index (χ3v) is 3.80. The van der Waals surface area contributed by atoms with Crippen LogP contribution in [0.15, 0.2) is 42.6 Å². The largest absolute Gasteiger partial charge is 0.484 e. The lowest BCUT2D eigenvalue weighted by Crippen LogP contribution is -2.57. The van der Waals surface area contributed by atoms with Crippen LogP contribution in [0.1, 0.15) is 5.56 Å². The van der Waals surface area contributed by atoms with Gasteiger partial charge in [-0.05, 0) is 25.1 Å². The van der Waals surface area contributed by atoms with E-state index in [1.54, 1.807) is 17.0 Å². The van der Waals surface area contributed by atoms with Crippen LogP contribution in [0.25, 0.3) is 0 Å². The van der Waals surface area contributed by atoms with Crippen LogP contribution >= 0.6 is 11.6 Å². The zero-order valence-electron chi connectivity index (χ0n) is 12.7. The number of carbonyl (C=O) groups is 1. The number of ether oxygens (including phenoxy) is 2. The van der Waals surface area contributed by atoms with Crippen LogP contribution in [0.4, 0.5) is 0 Å². The van der Waals surface area contributed by atoms with Gasteiger partial charge in [0, 0.05) is 12.3 Å². The SMILES string of the molecule is Cc1ccc(OCC(=O)N2CC(Oc3ccc(Cl)cn3)C2)cc1. The Balaban J connectivity index is 1.41. The lowest BCUT2D eigenvalue weighted by Gasteiger charge is -2.38. The number of benzene rings is 1. The molecule has 0 radical (unpaired) electrons. The zero-order chi connectivity index (χ0) is 16.2. The van der Waals surface area contributed by atoms with Gasteiger partial charge in [-0.15, -0.1) is 0 Å². The molecule has 2 heterocycles. The number of aryl methyl sites for hydroxylation is 1. The lowest BCUT2D eigenvalue weighted by molar-refractivity contribution is -0.142. The van der Waals surface area contributed by atoms with Crippen LogP contribution in [0, 0.1) is 6.92 Å². The topological polar surface area (TPSA) is 51.7 Å². The number of aromatic nitrogens is 1. The van der Waals surface area contributed by atoms with Crippen molar-refractivity contribution >= 4 is 17.5 Å². The fraction of sp³-hybridized carbons (Fsp3) is 0.294. The van der Waals surface area contributed by atoms with E-state index in [0.29, 0.717) is 29.7 Å². The smallest absolute Gasteiger partial charge is 0.260 e. The number of amides is 1. The van der Waals surface area contributed by atoms with Crippen molar-refractivity contribution in [1.82, 2.24) is 9.88 Å². The van der Waals surface area contributed by atoms with Gasteiger partial charge in [0.25, 0.3) is 5.91 Å². The quantitative estimate of drug-likeness (QED) is 0.844. The van der Waals surface area contributed by atoms with E-state index in [-0.39, 0.29) is 18.6 Å². The van der Waals surface area contributed by atoms with Crippen LogP contribution in [0.3, 0.4) is 0 Å². The first kappa shape index (κ1) is 15.6. The van der Waals surface area contributed by atoms with Crippen molar-refractivity contribution in [3.63, 3.8) is 0 Å². The van der Waals surface area contributed by atoms with E-state index in [1.807, 2.05) is 31.2 Å². The molecule has 0 atom stereocenters.